The highest BCUT2D eigenvalue weighted by Gasteiger charge is 2.36. The van der Waals surface area contributed by atoms with Gasteiger partial charge in [-0.05, 0) is 23.3 Å². The zero-order valence-corrected chi connectivity index (χ0v) is 18.4. The van der Waals surface area contributed by atoms with Crippen LogP contribution in [-0.4, -0.2) is 52.9 Å². The summed E-state index contributed by atoms with van der Waals surface area (Å²) in [6.45, 7) is 1.06. The van der Waals surface area contributed by atoms with Crippen molar-refractivity contribution >= 4 is 23.5 Å². The first-order valence-corrected chi connectivity index (χ1v) is 11.2. The number of ketones is 1. The van der Waals surface area contributed by atoms with Gasteiger partial charge in [0.25, 0.3) is 11.8 Å². The lowest BCUT2D eigenvalue weighted by atomic mass is 9.99. The van der Waals surface area contributed by atoms with Crippen LogP contribution in [0.5, 0.6) is 0 Å². The fourth-order valence-corrected chi connectivity index (χ4v) is 4.64. The second kappa shape index (κ2) is 9.03. The van der Waals surface area contributed by atoms with Gasteiger partial charge in [0.2, 0.25) is 5.91 Å². The zero-order chi connectivity index (χ0) is 23.7. The van der Waals surface area contributed by atoms with Gasteiger partial charge in [0.05, 0.1) is 24.2 Å². The van der Waals surface area contributed by atoms with E-state index in [1.807, 2.05) is 35.2 Å². The normalized spacial score (nSPS) is 18.1. The van der Waals surface area contributed by atoms with Crippen molar-refractivity contribution in [2.24, 2.45) is 0 Å². The number of hydrogen-bond acceptors (Lipinski definition) is 5. The number of fused-ring (bicyclic) bond motifs is 1. The number of nitrogens with zero attached hydrogens (tertiary/aromatic N) is 2. The average Bonchev–Trinajstić information content (AvgIpc) is 3.10. The van der Waals surface area contributed by atoms with Crippen LogP contribution in [0.1, 0.15) is 48.2 Å². The Hall–Kier alpha value is -4.10. The van der Waals surface area contributed by atoms with Crippen LogP contribution < -0.4 is 5.32 Å². The molecule has 3 amide bonds. The summed E-state index contributed by atoms with van der Waals surface area (Å²) in [7, 11) is 0. The van der Waals surface area contributed by atoms with E-state index in [2.05, 4.69) is 5.32 Å². The Balaban J connectivity index is 1.38. The SMILES string of the molecule is O=C(CN1CCNC(=O)C1c1ccccc1)c1ccccc1CN1C(=O)c2ccccc2C1=O. The first kappa shape index (κ1) is 21.7. The van der Waals surface area contributed by atoms with E-state index in [9.17, 15) is 19.2 Å². The van der Waals surface area contributed by atoms with E-state index in [0.717, 1.165) is 5.56 Å². The minimum Gasteiger partial charge on any atom is -0.353 e. The molecule has 1 N–H and O–H groups in total. The molecule has 0 spiro atoms. The van der Waals surface area contributed by atoms with E-state index in [0.29, 0.717) is 35.3 Å². The first-order valence-electron chi connectivity index (χ1n) is 11.2. The van der Waals surface area contributed by atoms with Crippen molar-refractivity contribution in [3.63, 3.8) is 0 Å². The summed E-state index contributed by atoms with van der Waals surface area (Å²) in [6, 6.07) is 22.6. The number of benzene rings is 3. The largest absolute Gasteiger partial charge is 0.353 e. The molecule has 170 valence electrons. The molecule has 0 aromatic heterocycles. The molecule has 0 radical (unpaired) electrons. The molecule has 1 atom stereocenters. The van der Waals surface area contributed by atoms with Crippen molar-refractivity contribution in [1.82, 2.24) is 15.1 Å². The van der Waals surface area contributed by atoms with Crippen molar-refractivity contribution in [3.8, 4) is 0 Å². The molecule has 7 nitrogen and oxygen atoms in total. The van der Waals surface area contributed by atoms with Crippen molar-refractivity contribution in [1.29, 1.82) is 0 Å². The third kappa shape index (κ3) is 3.91. The number of Topliss-reactive ketones (excluding diaryl/α,β-unsaturated/α-hetero) is 1. The molecule has 2 heterocycles. The fourth-order valence-electron chi connectivity index (χ4n) is 4.64. The topological polar surface area (TPSA) is 86.8 Å². The van der Waals surface area contributed by atoms with Crippen LogP contribution in [0.2, 0.25) is 0 Å². The number of rotatable bonds is 6. The maximum absolute atomic E-state index is 13.4. The minimum atomic E-state index is -0.553. The molecule has 1 fully saturated rings. The van der Waals surface area contributed by atoms with Crippen LogP contribution in [0.15, 0.2) is 78.9 Å². The van der Waals surface area contributed by atoms with Gasteiger partial charge >= 0.3 is 0 Å². The predicted molar refractivity (Wildman–Crippen MR) is 125 cm³/mol. The predicted octanol–water partition coefficient (Wildman–Crippen LogP) is 2.84. The average molecular weight is 453 g/mol. The number of carbonyl (C=O) groups excluding carboxylic acids is 4. The lowest BCUT2D eigenvalue weighted by Gasteiger charge is -2.34. The van der Waals surface area contributed by atoms with Gasteiger partial charge in [0, 0.05) is 18.7 Å². The van der Waals surface area contributed by atoms with Crippen LogP contribution >= 0.6 is 0 Å². The van der Waals surface area contributed by atoms with Gasteiger partial charge in [-0.2, -0.15) is 0 Å². The Kier molecular flexibility index (Phi) is 5.77. The van der Waals surface area contributed by atoms with Crippen molar-refractivity contribution in [2.75, 3.05) is 19.6 Å². The molecule has 1 saturated heterocycles. The highest BCUT2D eigenvalue weighted by Crippen LogP contribution is 2.27. The molecule has 5 rings (SSSR count). The second-order valence-electron chi connectivity index (χ2n) is 8.40. The van der Waals surface area contributed by atoms with E-state index in [4.69, 9.17) is 0 Å². The Morgan fingerprint density at radius 1 is 0.824 bits per heavy atom. The first-order chi connectivity index (χ1) is 16.5. The third-order valence-electron chi connectivity index (χ3n) is 6.30. The molecule has 3 aromatic carbocycles. The Bertz CT molecular complexity index is 1250. The van der Waals surface area contributed by atoms with Crippen molar-refractivity contribution in [2.45, 2.75) is 12.6 Å². The molecular formula is C27H23N3O4. The van der Waals surface area contributed by atoms with Crippen LogP contribution in [0, 0.1) is 0 Å². The maximum atomic E-state index is 13.4. The van der Waals surface area contributed by atoms with E-state index in [-0.39, 0.29) is 36.6 Å². The van der Waals surface area contributed by atoms with Gasteiger partial charge in [-0.1, -0.05) is 66.7 Å². The number of nitrogens with one attached hydrogen (secondary N) is 1. The lowest BCUT2D eigenvalue weighted by Crippen LogP contribution is -2.51. The molecule has 3 aromatic rings. The Morgan fingerprint density at radius 3 is 2.15 bits per heavy atom. The smallest absolute Gasteiger partial charge is 0.261 e. The molecule has 0 aliphatic carbocycles. The van der Waals surface area contributed by atoms with Gasteiger partial charge in [-0.25, -0.2) is 0 Å². The van der Waals surface area contributed by atoms with E-state index >= 15 is 0 Å². The van der Waals surface area contributed by atoms with Gasteiger partial charge < -0.3 is 5.32 Å². The molecule has 0 bridgehead atoms. The summed E-state index contributed by atoms with van der Waals surface area (Å²) in [4.78, 5) is 54.7. The van der Waals surface area contributed by atoms with Gasteiger partial charge in [-0.3, -0.25) is 29.0 Å². The van der Waals surface area contributed by atoms with E-state index in [1.165, 1.54) is 4.90 Å². The standard InChI is InChI=1S/C27H23N3O4/c31-23(17-29-15-14-28-25(32)24(29)18-8-2-1-3-9-18)20-11-5-4-10-19(20)16-30-26(33)21-12-6-7-13-22(21)27(30)34/h1-13,24H,14-17H2,(H,28,32). The molecule has 34 heavy (non-hydrogen) atoms. The quantitative estimate of drug-likeness (QED) is 0.458. The number of carbonyl (C=O) groups is 4. The molecule has 2 aliphatic heterocycles. The van der Waals surface area contributed by atoms with Crippen LogP contribution in [0.3, 0.4) is 0 Å². The molecule has 0 saturated carbocycles. The summed E-state index contributed by atoms with van der Waals surface area (Å²) < 4.78 is 0. The van der Waals surface area contributed by atoms with Crippen molar-refractivity contribution in [3.05, 3.63) is 107 Å². The summed E-state index contributed by atoms with van der Waals surface area (Å²) in [5, 5.41) is 2.88. The number of hydrogen-bond donors (Lipinski definition) is 1. The van der Waals surface area contributed by atoms with E-state index < -0.39 is 6.04 Å². The van der Waals surface area contributed by atoms with Crippen molar-refractivity contribution < 1.29 is 19.2 Å². The summed E-state index contributed by atoms with van der Waals surface area (Å²) in [6.07, 6.45) is 0. The Labute approximate surface area is 197 Å². The third-order valence-corrected chi connectivity index (χ3v) is 6.30. The van der Waals surface area contributed by atoms with E-state index in [1.54, 1.807) is 48.5 Å². The molecule has 7 heteroatoms. The van der Waals surface area contributed by atoms with Gasteiger partial charge in [0.1, 0.15) is 6.04 Å². The maximum Gasteiger partial charge on any atom is 0.261 e. The number of piperazine rings is 1. The highest BCUT2D eigenvalue weighted by molar-refractivity contribution is 6.21. The van der Waals surface area contributed by atoms with Crippen LogP contribution in [0.4, 0.5) is 0 Å². The molecular weight excluding hydrogens is 430 g/mol. The summed E-state index contributed by atoms with van der Waals surface area (Å²) >= 11 is 0. The lowest BCUT2D eigenvalue weighted by molar-refractivity contribution is -0.128. The van der Waals surface area contributed by atoms with Gasteiger partial charge in [0.15, 0.2) is 5.78 Å². The second-order valence-corrected chi connectivity index (χ2v) is 8.40. The number of amides is 3. The summed E-state index contributed by atoms with van der Waals surface area (Å²) in [5.74, 6) is -1.02. The van der Waals surface area contributed by atoms with Crippen LogP contribution in [0.25, 0.3) is 0 Å². The van der Waals surface area contributed by atoms with Gasteiger partial charge in [-0.15, -0.1) is 0 Å². The molecule has 2 aliphatic rings. The molecule has 1 unspecified atom stereocenters. The zero-order valence-electron chi connectivity index (χ0n) is 18.4. The fraction of sp³-hybridized carbons (Fsp3) is 0.185. The summed E-state index contributed by atoms with van der Waals surface area (Å²) in [5.41, 5.74) is 2.62. The monoisotopic (exact) mass is 453 g/mol. The highest BCUT2D eigenvalue weighted by atomic mass is 16.2. The minimum absolute atomic E-state index is 0.0108. The Morgan fingerprint density at radius 2 is 1.44 bits per heavy atom. The van der Waals surface area contributed by atoms with Crippen LogP contribution in [-0.2, 0) is 11.3 Å². The number of imide groups is 1.